The number of anilines is 2. The van der Waals surface area contributed by atoms with Gasteiger partial charge in [0.25, 0.3) is 0 Å². The van der Waals surface area contributed by atoms with Crippen molar-refractivity contribution < 1.29 is 0 Å². The molecule has 1 atom stereocenters. The van der Waals surface area contributed by atoms with Crippen LogP contribution in [0.25, 0.3) is 0 Å². The molecule has 0 amide bonds. The third-order valence-corrected chi connectivity index (χ3v) is 3.50. The minimum atomic E-state index is 0.335. The fourth-order valence-electron chi connectivity index (χ4n) is 2.09. The molecule has 104 valence electrons. The lowest BCUT2D eigenvalue weighted by molar-refractivity contribution is 0.499. The Hall–Kier alpha value is -1.19. The maximum atomic E-state index is 6.21. The van der Waals surface area contributed by atoms with Crippen LogP contribution in [0.4, 0.5) is 11.5 Å². The van der Waals surface area contributed by atoms with Crippen LogP contribution in [0.5, 0.6) is 0 Å². The standard InChI is InChI=1S/C14H28N4/c1-7-11(5)9-17(8-2)14-13(15)12(6)16-18(14)10(3)4/h10-11H,7-9,15H2,1-6H3. The predicted octanol–water partition coefficient (Wildman–Crippen LogP) is 3.23. The number of rotatable bonds is 6. The number of nitrogens with two attached hydrogens (primary N) is 1. The summed E-state index contributed by atoms with van der Waals surface area (Å²) in [6.07, 6.45) is 1.19. The highest BCUT2D eigenvalue weighted by Crippen LogP contribution is 2.30. The van der Waals surface area contributed by atoms with E-state index in [1.54, 1.807) is 0 Å². The summed E-state index contributed by atoms with van der Waals surface area (Å²) in [5, 5.41) is 4.56. The normalized spacial score (nSPS) is 13.1. The van der Waals surface area contributed by atoms with Crippen molar-refractivity contribution in [3.05, 3.63) is 5.69 Å². The van der Waals surface area contributed by atoms with Crippen LogP contribution in [0.3, 0.4) is 0 Å². The zero-order valence-corrected chi connectivity index (χ0v) is 12.7. The molecule has 0 radical (unpaired) electrons. The lowest BCUT2D eigenvalue weighted by Gasteiger charge is -2.28. The number of hydrogen-bond donors (Lipinski definition) is 1. The summed E-state index contributed by atoms with van der Waals surface area (Å²) in [5.41, 5.74) is 7.97. The fraction of sp³-hybridized carbons (Fsp3) is 0.786. The average Bonchev–Trinajstić information content (AvgIpc) is 2.63. The molecule has 4 heteroatoms. The Bertz CT molecular complexity index is 381. The highest BCUT2D eigenvalue weighted by Gasteiger charge is 2.20. The summed E-state index contributed by atoms with van der Waals surface area (Å²) in [5.74, 6) is 1.76. The smallest absolute Gasteiger partial charge is 0.150 e. The van der Waals surface area contributed by atoms with Gasteiger partial charge in [0.15, 0.2) is 5.82 Å². The van der Waals surface area contributed by atoms with E-state index in [0.29, 0.717) is 12.0 Å². The van der Waals surface area contributed by atoms with E-state index in [9.17, 15) is 0 Å². The SMILES string of the molecule is CCC(C)CN(CC)c1c(N)c(C)nn1C(C)C. The Morgan fingerprint density at radius 1 is 1.28 bits per heavy atom. The molecule has 0 saturated heterocycles. The Morgan fingerprint density at radius 3 is 2.33 bits per heavy atom. The second kappa shape index (κ2) is 6.12. The van der Waals surface area contributed by atoms with Crippen LogP contribution in [0.2, 0.25) is 0 Å². The third kappa shape index (κ3) is 2.98. The van der Waals surface area contributed by atoms with Crippen molar-refractivity contribution in [1.82, 2.24) is 9.78 Å². The quantitative estimate of drug-likeness (QED) is 0.845. The van der Waals surface area contributed by atoms with Crippen molar-refractivity contribution in [3.63, 3.8) is 0 Å². The second-order valence-corrected chi connectivity index (χ2v) is 5.41. The van der Waals surface area contributed by atoms with Gasteiger partial charge in [0.05, 0.1) is 11.4 Å². The highest BCUT2D eigenvalue weighted by atomic mass is 15.4. The highest BCUT2D eigenvalue weighted by molar-refractivity contribution is 5.66. The van der Waals surface area contributed by atoms with Crippen LogP contribution in [0.15, 0.2) is 0 Å². The van der Waals surface area contributed by atoms with E-state index in [2.05, 4.69) is 49.3 Å². The minimum Gasteiger partial charge on any atom is -0.394 e. The molecular weight excluding hydrogens is 224 g/mol. The molecule has 1 rings (SSSR count). The first-order valence-corrected chi connectivity index (χ1v) is 7.01. The van der Waals surface area contributed by atoms with E-state index >= 15 is 0 Å². The Balaban J connectivity index is 3.11. The third-order valence-electron chi connectivity index (χ3n) is 3.50. The number of nitrogens with zero attached hydrogens (tertiary/aromatic N) is 3. The first-order valence-electron chi connectivity index (χ1n) is 7.01. The van der Waals surface area contributed by atoms with Gasteiger partial charge in [-0.25, -0.2) is 4.68 Å². The molecule has 0 aliphatic heterocycles. The topological polar surface area (TPSA) is 47.1 Å². The molecule has 2 N–H and O–H groups in total. The molecule has 0 saturated carbocycles. The Morgan fingerprint density at radius 2 is 1.89 bits per heavy atom. The molecule has 0 bridgehead atoms. The molecule has 4 nitrogen and oxygen atoms in total. The largest absolute Gasteiger partial charge is 0.394 e. The van der Waals surface area contributed by atoms with Crippen LogP contribution >= 0.6 is 0 Å². The van der Waals surface area contributed by atoms with Gasteiger partial charge in [-0.3, -0.25) is 0 Å². The monoisotopic (exact) mass is 252 g/mol. The van der Waals surface area contributed by atoms with Gasteiger partial charge in [-0.15, -0.1) is 0 Å². The number of aryl methyl sites for hydroxylation is 1. The summed E-state index contributed by atoms with van der Waals surface area (Å²) in [4.78, 5) is 2.35. The van der Waals surface area contributed by atoms with Gasteiger partial charge in [0.2, 0.25) is 0 Å². The van der Waals surface area contributed by atoms with Crippen LogP contribution in [0.1, 0.15) is 52.8 Å². The zero-order valence-electron chi connectivity index (χ0n) is 12.7. The summed E-state index contributed by atoms with van der Waals surface area (Å²) >= 11 is 0. The molecule has 1 unspecified atom stereocenters. The van der Waals surface area contributed by atoms with Crippen LogP contribution < -0.4 is 10.6 Å². The molecule has 1 heterocycles. The van der Waals surface area contributed by atoms with Gasteiger partial charge in [-0.2, -0.15) is 5.10 Å². The van der Waals surface area contributed by atoms with E-state index in [0.717, 1.165) is 30.3 Å². The summed E-state index contributed by atoms with van der Waals surface area (Å²) in [6.45, 7) is 15.0. The average molecular weight is 252 g/mol. The molecule has 0 fully saturated rings. The van der Waals surface area contributed by atoms with E-state index in [1.165, 1.54) is 6.42 Å². The molecule has 1 aromatic rings. The van der Waals surface area contributed by atoms with E-state index in [4.69, 9.17) is 5.73 Å². The van der Waals surface area contributed by atoms with Crippen molar-refractivity contribution in [2.75, 3.05) is 23.7 Å². The van der Waals surface area contributed by atoms with Crippen LogP contribution in [-0.2, 0) is 0 Å². The Kier molecular flexibility index (Phi) is 5.05. The van der Waals surface area contributed by atoms with E-state index in [-0.39, 0.29) is 0 Å². The van der Waals surface area contributed by atoms with E-state index < -0.39 is 0 Å². The molecular formula is C14H28N4. The van der Waals surface area contributed by atoms with Crippen LogP contribution in [0, 0.1) is 12.8 Å². The molecule has 1 aromatic heterocycles. The van der Waals surface area contributed by atoms with Gasteiger partial charge >= 0.3 is 0 Å². The number of nitrogen functional groups attached to an aromatic ring is 1. The van der Waals surface area contributed by atoms with Crippen molar-refractivity contribution in [2.24, 2.45) is 5.92 Å². The number of aromatic nitrogens is 2. The molecule has 0 aromatic carbocycles. The summed E-state index contributed by atoms with van der Waals surface area (Å²) < 4.78 is 2.05. The van der Waals surface area contributed by atoms with Gasteiger partial charge in [-0.05, 0) is 33.6 Å². The molecule has 18 heavy (non-hydrogen) atoms. The minimum absolute atomic E-state index is 0.335. The molecule has 0 spiro atoms. The fourth-order valence-corrected chi connectivity index (χ4v) is 2.09. The lowest BCUT2D eigenvalue weighted by atomic mass is 10.1. The van der Waals surface area contributed by atoms with Gasteiger partial charge in [-0.1, -0.05) is 20.3 Å². The van der Waals surface area contributed by atoms with Crippen molar-refractivity contribution >= 4 is 11.5 Å². The van der Waals surface area contributed by atoms with Crippen molar-refractivity contribution in [2.45, 2.75) is 54.0 Å². The first-order chi connectivity index (χ1) is 8.42. The second-order valence-electron chi connectivity index (χ2n) is 5.41. The molecule has 0 aliphatic rings. The van der Waals surface area contributed by atoms with E-state index in [1.807, 2.05) is 6.92 Å². The number of hydrogen-bond acceptors (Lipinski definition) is 3. The lowest BCUT2D eigenvalue weighted by Crippen LogP contribution is -2.31. The van der Waals surface area contributed by atoms with Crippen molar-refractivity contribution in [1.29, 1.82) is 0 Å². The summed E-state index contributed by atoms with van der Waals surface area (Å²) in [6, 6.07) is 0.335. The first kappa shape index (κ1) is 14.9. The molecule has 0 aliphatic carbocycles. The summed E-state index contributed by atoms with van der Waals surface area (Å²) in [7, 11) is 0. The predicted molar refractivity (Wildman–Crippen MR) is 79.1 cm³/mol. The maximum Gasteiger partial charge on any atom is 0.150 e. The Labute approximate surface area is 111 Å². The van der Waals surface area contributed by atoms with Crippen LogP contribution in [-0.4, -0.2) is 22.9 Å². The zero-order chi connectivity index (χ0) is 13.9. The van der Waals surface area contributed by atoms with Gasteiger partial charge in [0, 0.05) is 19.1 Å². The van der Waals surface area contributed by atoms with Crippen molar-refractivity contribution in [3.8, 4) is 0 Å². The van der Waals surface area contributed by atoms with Gasteiger partial charge < -0.3 is 10.6 Å². The maximum absolute atomic E-state index is 6.21. The van der Waals surface area contributed by atoms with Gasteiger partial charge in [0.1, 0.15) is 0 Å².